The highest BCUT2D eigenvalue weighted by molar-refractivity contribution is 6.34. The molecule has 4 aliphatic heterocycles. The minimum absolute atomic E-state index is 0.0523. The van der Waals surface area contributed by atoms with Crippen LogP contribution in [0.4, 0.5) is 16.2 Å². The summed E-state index contributed by atoms with van der Waals surface area (Å²) in [5.74, 6) is -2.94. The Bertz CT molecular complexity index is 3380. The van der Waals surface area contributed by atoms with Gasteiger partial charge in [-0.1, -0.05) is 96.1 Å². The van der Waals surface area contributed by atoms with E-state index >= 15 is 0 Å². The smallest absolute Gasteiger partial charge is 0.409 e. The van der Waals surface area contributed by atoms with E-state index in [-0.39, 0.29) is 94.2 Å². The van der Waals surface area contributed by atoms with Crippen LogP contribution in [0.25, 0.3) is 22.5 Å². The van der Waals surface area contributed by atoms with Crippen molar-refractivity contribution in [3.63, 3.8) is 0 Å². The first-order valence-electron chi connectivity index (χ1n) is 31.7. The zero-order valence-corrected chi connectivity index (χ0v) is 55.4. The molecule has 4 aromatic rings. The van der Waals surface area contributed by atoms with Crippen LogP contribution in [0, 0.1) is 5.92 Å². The number of amides is 6. The number of para-hydroxylation sites is 1. The first-order chi connectivity index (χ1) is 45.1. The summed E-state index contributed by atoms with van der Waals surface area (Å²) < 4.78 is 46.2. The average molecular weight is 1330 g/mol. The number of nitrogens with zero attached hydrogens (tertiary/aromatic N) is 6. The van der Waals surface area contributed by atoms with Gasteiger partial charge in [0.05, 0.1) is 101 Å². The van der Waals surface area contributed by atoms with Gasteiger partial charge < -0.3 is 73.0 Å². The standard InChI is InChI=1S/C67H88ClN9O17/c1-42-15-13-20-53(87-8)67(86)39-52(92-65(85)70-67)43(2)63-66(4,94-63)54(38-59(83)76(7)51-37-45(35-42)36-47(41-78)60(51)68)93-64(84)44(3)75(6)57(81)22-14-21-56(80)74(5)26-28-89-30-32-91-34-33-90-31-29-88-27-24-55(79)69-25-23-58(82)77-40-46-16-9-10-17-48(46)61-62(72-73-71-61)49-18-11-12-19-50(49)77/h9-13,15-20,36-37,43-44,52-54,63,78,86H,14,21-35,38-41H2,1-8H3,(H,69,79)(H,70,85)(H,71,72,73)/b20-13+,42-15-/t43-,44+,52+,53-,54+,63+,66+,67+/m1/s1. The second-order valence-corrected chi connectivity index (χ2v) is 24.6. The van der Waals surface area contributed by atoms with Crippen molar-refractivity contribution < 1.29 is 81.7 Å². The molecule has 0 radical (unpaired) electrons. The maximum absolute atomic E-state index is 14.4. The molecule has 4 bridgehead atoms. The lowest BCUT2D eigenvalue weighted by Crippen LogP contribution is -2.63. The lowest BCUT2D eigenvalue weighted by Gasteiger charge is -2.42. The molecule has 5 heterocycles. The Morgan fingerprint density at radius 2 is 1.56 bits per heavy atom. The number of halogens is 1. The average Bonchev–Trinajstić information content (AvgIpc) is 1.56. The van der Waals surface area contributed by atoms with Crippen molar-refractivity contribution in [2.45, 2.75) is 134 Å². The minimum atomic E-state index is -1.89. The number of allylic oxidation sites excluding steroid dienone is 3. The molecule has 2 saturated heterocycles. The van der Waals surface area contributed by atoms with Crippen LogP contribution in [0.2, 0.25) is 5.02 Å². The number of alkyl carbamates (subject to hydrolysis) is 1. The summed E-state index contributed by atoms with van der Waals surface area (Å²) in [6.07, 6.45) is 0.669. The van der Waals surface area contributed by atoms with E-state index in [0.29, 0.717) is 57.2 Å². The maximum atomic E-state index is 14.4. The van der Waals surface area contributed by atoms with Gasteiger partial charge in [-0.05, 0) is 62.4 Å². The Hall–Kier alpha value is -7.66. The summed E-state index contributed by atoms with van der Waals surface area (Å²) in [5.41, 5.74) is 3.92. The van der Waals surface area contributed by atoms with Gasteiger partial charge in [0.15, 0.2) is 5.72 Å². The summed E-state index contributed by atoms with van der Waals surface area (Å²) in [6, 6.07) is 17.7. The fourth-order valence-electron chi connectivity index (χ4n) is 11.7. The summed E-state index contributed by atoms with van der Waals surface area (Å²) in [7, 11) is 6.02. The van der Waals surface area contributed by atoms with Gasteiger partial charge in [-0.15, -0.1) is 5.10 Å². The number of benzene rings is 3. The molecule has 94 heavy (non-hydrogen) atoms. The number of rotatable bonds is 27. The third-order valence-corrected chi connectivity index (χ3v) is 18.0. The number of aromatic nitrogens is 3. The van der Waals surface area contributed by atoms with E-state index in [2.05, 4.69) is 26.0 Å². The molecule has 0 aliphatic carbocycles. The highest BCUT2D eigenvalue weighted by Gasteiger charge is 2.64. The molecule has 0 saturated carbocycles. The van der Waals surface area contributed by atoms with E-state index in [0.717, 1.165) is 44.9 Å². The lowest BCUT2D eigenvalue weighted by atomic mass is 9.83. The van der Waals surface area contributed by atoms with Gasteiger partial charge in [0.25, 0.3) is 0 Å². The monoisotopic (exact) mass is 1330 g/mol. The topological polar surface area (TPSA) is 316 Å². The summed E-state index contributed by atoms with van der Waals surface area (Å²) in [5, 5.41) is 39.0. The van der Waals surface area contributed by atoms with Gasteiger partial charge in [0.1, 0.15) is 35.6 Å². The third kappa shape index (κ3) is 18.4. The molecule has 4 aliphatic rings. The van der Waals surface area contributed by atoms with Crippen molar-refractivity contribution in [3.8, 4) is 22.5 Å². The normalized spacial score (nSPS) is 23.1. The number of aliphatic hydroxyl groups is 2. The SMILES string of the molecule is CO[C@@H]1/C=C/C=C(/C)Cc2cc(CO)c(Cl)c(c2)N(C)C(=O)C[C@H](OC(=O)[C@H](C)N(C)C(=O)CCCC(=O)N(C)CCOCCOCCOCCOCCC(=O)NCCC(=O)N2Cc3ccccc3-c3nn[nH]c3-c3ccccc32)[C@]2(C)O[C@H]2[C@H](C)[C@@H]2C[C@@]1(O)NC(=O)O2. The molecule has 1 aromatic heterocycles. The summed E-state index contributed by atoms with van der Waals surface area (Å²) in [4.78, 5) is 100. The number of hydrogen-bond acceptors (Lipinski definition) is 19. The lowest BCUT2D eigenvalue weighted by molar-refractivity contribution is -0.162. The van der Waals surface area contributed by atoms with Crippen LogP contribution in [0.15, 0.2) is 84.5 Å². The molecule has 510 valence electrons. The highest BCUT2D eigenvalue weighted by Crippen LogP contribution is 2.49. The number of anilines is 2. The maximum Gasteiger partial charge on any atom is 0.409 e. The van der Waals surface area contributed by atoms with Gasteiger partial charge in [-0.25, -0.2) is 9.59 Å². The van der Waals surface area contributed by atoms with E-state index in [4.69, 9.17) is 49.5 Å². The molecule has 27 heteroatoms. The molecule has 6 amide bonds. The Kier molecular flexibility index (Phi) is 25.8. The Balaban J connectivity index is 0.696. The zero-order valence-electron chi connectivity index (χ0n) is 54.7. The second kappa shape index (κ2) is 33.6. The van der Waals surface area contributed by atoms with Crippen LogP contribution in [0.3, 0.4) is 0 Å². The number of ether oxygens (including phenoxy) is 8. The van der Waals surface area contributed by atoms with Crippen LogP contribution in [0.1, 0.15) is 89.3 Å². The second-order valence-electron chi connectivity index (χ2n) is 24.2. The van der Waals surface area contributed by atoms with E-state index < -0.39 is 84.6 Å². The Morgan fingerprint density at radius 1 is 0.894 bits per heavy atom. The number of aliphatic hydroxyl groups excluding tert-OH is 1. The first-order valence-corrected chi connectivity index (χ1v) is 32.1. The van der Waals surface area contributed by atoms with Crippen molar-refractivity contribution in [2.24, 2.45) is 5.92 Å². The minimum Gasteiger partial charge on any atom is -0.457 e. The fourth-order valence-corrected chi connectivity index (χ4v) is 12.0. The van der Waals surface area contributed by atoms with E-state index in [1.165, 1.54) is 42.8 Å². The molecule has 0 unspecified atom stereocenters. The van der Waals surface area contributed by atoms with E-state index in [1.54, 1.807) is 50.1 Å². The highest BCUT2D eigenvalue weighted by atomic mass is 35.5. The largest absolute Gasteiger partial charge is 0.457 e. The molecule has 26 nitrogen and oxygen atoms in total. The number of fused-ring (bicyclic) bond motifs is 10. The molecule has 8 atom stereocenters. The quantitative estimate of drug-likeness (QED) is 0.0276. The van der Waals surface area contributed by atoms with Crippen LogP contribution in [-0.4, -0.2) is 213 Å². The molecule has 3 aromatic carbocycles. The number of hydrogen-bond donors (Lipinski definition) is 5. The number of H-pyrrole nitrogens is 1. The summed E-state index contributed by atoms with van der Waals surface area (Å²) in [6.45, 7) is 9.48. The van der Waals surface area contributed by atoms with Crippen molar-refractivity contribution in [3.05, 3.63) is 106 Å². The Labute approximate surface area is 552 Å². The number of nitrogens with one attached hydrogen (secondary N) is 3. The Morgan fingerprint density at radius 3 is 2.28 bits per heavy atom. The van der Waals surface area contributed by atoms with Crippen LogP contribution in [-0.2, 0) is 86.2 Å². The number of esters is 1. The first kappa shape index (κ1) is 72.2. The number of carbonyl (C=O) groups excluding carboxylic acids is 7. The van der Waals surface area contributed by atoms with Gasteiger partial charge in [-0.3, -0.25) is 34.4 Å². The fraction of sp³-hybridized carbons (Fsp3) is 0.537. The van der Waals surface area contributed by atoms with Gasteiger partial charge in [0.2, 0.25) is 29.5 Å². The number of aromatic amines is 1. The number of likely N-dealkylation sites (N-methyl/N-ethyl adjacent to an activating group) is 2. The molecule has 0 spiro atoms. The van der Waals surface area contributed by atoms with Crippen molar-refractivity contribution in [2.75, 3.05) is 104 Å². The van der Waals surface area contributed by atoms with Crippen LogP contribution in [0.5, 0.6) is 0 Å². The number of methoxy groups -OCH3 is 1. The van der Waals surface area contributed by atoms with Crippen molar-refractivity contribution >= 4 is 64.6 Å². The third-order valence-electron chi connectivity index (χ3n) is 17.5. The molecule has 5 N–H and O–H groups in total. The van der Waals surface area contributed by atoms with Crippen molar-refractivity contribution in [1.82, 2.24) is 35.8 Å². The molecule has 8 rings (SSSR count). The van der Waals surface area contributed by atoms with E-state index in [1.807, 2.05) is 61.5 Å². The van der Waals surface area contributed by atoms with Gasteiger partial charge in [-0.2, -0.15) is 0 Å². The molecular formula is C67H88ClN9O17. The van der Waals surface area contributed by atoms with E-state index in [9.17, 15) is 43.8 Å². The number of epoxide rings is 1. The van der Waals surface area contributed by atoms with Gasteiger partial charge in [0, 0.05) is 90.5 Å². The molecular weight excluding hydrogens is 1240 g/mol. The predicted octanol–water partition coefficient (Wildman–Crippen LogP) is 5.59. The number of carbonyl (C=O) groups is 7. The zero-order chi connectivity index (χ0) is 67.7. The predicted molar refractivity (Wildman–Crippen MR) is 346 cm³/mol. The van der Waals surface area contributed by atoms with Crippen LogP contribution < -0.4 is 20.4 Å². The van der Waals surface area contributed by atoms with Crippen LogP contribution >= 0.6 is 11.6 Å². The molecule has 2 fully saturated rings. The van der Waals surface area contributed by atoms with Gasteiger partial charge >= 0.3 is 12.1 Å². The van der Waals surface area contributed by atoms with Crippen molar-refractivity contribution in [1.29, 1.82) is 0 Å². The summed E-state index contributed by atoms with van der Waals surface area (Å²) >= 11 is 6.80.